The number of rotatable bonds is 2. The van der Waals surface area contributed by atoms with Gasteiger partial charge in [-0.3, -0.25) is 9.59 Å². The molecule has 0 radical (unpaired) electrons. The van der Waals surface area contributed by atoms with Crippen molar-refractivity contribution in [3.63, 3.8) is 0 Å². The van der Waals surface area contributed by atoms with Crippen LogP contribution >= 0.6 is 0 Å². The lowest BCUT2D eigenvalue weighted by atomic mass is 10.0. The molecule has 2 aliphatic rings. The number of likely N-dealkylation sites (N-methyl/N-ethyl adjacent to an activating group) is 1. The molecule has 0 aromatic heterocycles. The highest BCUT2D eigenvalue weighted by molar-refractivity contribution is 7.91. The highest BCUT2D eigenvalue weighted by Crippen LogP contribution is 2.22. The molecule has 1 aliphatic heterocycles. The lowest BCUT2D eigenvalue weighted by Crippen LogP contribution is -2.36. The number of carbonyl (C=O) groups excluding carboxylic acids is 2. The number of hydrogen-bond donors (Lipinski definition) is 0. The maximum Gasteiger partial charge on any atom is 0.202 e. The Balaban J connectivity index is 2.21. The Morgan fingerprint density at radius 2 is 1.89 bits per heavy atom. The summed E-state index contributed by atoms with van der Waals surface area (Å²) in [6.45, 7) is 1.59. The summed E-state index contributed by atoms with van der Waals surface area (Å²) in [5.74, 6) is -0.242. The molecular formula is C12H15NO4S. The summed E-state index contributed by atoms with van der Waals surface area (Å²) in [6.07, 6.45) is 3.10. The van der Waals surface area contributed by atoms with Crippen molar-refractivity contribution < 1.29 is 18.0 Å². The van der Waals surface area contributed by atoms with Gasteiger partial charge < -0.3 is 4.90 Å². The van der Waals surface area contributed by atoms with E-state index in [-0.39, 0.29) is 34.8 Å². The van der Waals surface area contributed by atoms with Crippen molar-refractivity contribution in [2.24, 2.45) is 0 Å². The number of hydrogen-bond acceptors (Lipinski definition) is 5. The van der Waals surface area contributed by atoms with Crippen LogP contribution in [0.15, 0.2) is 23.4 Å². The fraction of sp³-hybridized carbons (Fsp3) is 0.500. The molecule has 98 valence electrons. The molecule has 0 amide bonds. The van der Waals surface area contributed by atoms with E-state index in [9.17, 15) is 18.0 Å². The number of carbonyl (C=O) groups is 2. The van der Waals surface area contributed by atoms with Crippen LogP contribution in [0, 0.1) is 0 Å². The average molecular weight is 269 g/mol. The van der Waals surface area contributed by atoms with Crippen molar-refractivity contribution in [2.45, 2.75) is 19.4 Å². The molecule has 0 bridgehead atoms. The zero-order valence-corrected chi connectivity index (χ0v) is 11.2. The smallest absolute Gasteiger partial charge is 0.202 e. The highest BCUT2D eigenvalue weighted by atomic mass is 32.2. The molecule has 1 heterocycles. The van der Waals surface area contributed by atoms with E-state index in [0.29, 0.717) is 12.0 Å². The molecule has 0 aromatic rings. The number of nitrogens with zero attached hydrogens (tertiary/aromatic N) is 1. The van der Waals surface area contributed by atoms with Gasteiger partial charge in [0.15, 0.2) is 15.6 Å². The van der Waals surface area contributed by atoms with Gasteiger partial charge >= 0.3 is 0 Å². The van der Waals surface area contributed by atoms with E-state index >= 15 is 0 Å². The van der Waals surface area contributed by atoms with Crippen LogP contribution in [0.5, 0.6) is 0 Å². The Morgan fingerprint density at radius 3 is 2.44 bits per heavy atom. The summed E-state index contributed by atoms with van der Waals surface area (Å²) in [5, 5.41) is 0. The van der Waals surface area contributed by atoms with Crippen molar-refractivity contribution in [1.29, 1.82) is 0 Å². The molecule has 6 heteroatoms. The average Bonchev–Trinajstić information content (AvgIpc) is 2.63. The van der Waals surface area contributed by atoms with Crippen molar-refractivity contribution in [3.05, 3.63) is 23.4 Å². The first-order chi connectivity index (χ1) is 8.30. The van der Waals surface area contributed by atoms with Gasteiger partial charge in [-0.25, -0.2) is 8.42 Å². The van der Waals surface area contributed by atoms with E-state index in [4.69, 9.17) is 0 Å². The molecule has 0 spiro atoms. The molecule has 0 aromatic carbocycles. The molecule has 1 saturated heterocycles. The minimum Gasteiger partial charge on any atom is -0.367 e. The first kappa shape index (κ1) is 13.0. The van der Waals surface area contributed by atoms with E-state index in [2.05, 4.69) is 0 Å². The first-order valence-corrected chi connectivity index (χ1v) is 7.54. The van der Waals surface area contributed by atoms with Gasteiger partial charge in [-0.05, 0) is 19.4 Å². The lowest BCUT2D eigenvalue weighted by molar-refractivity contribution is -0.116. The van der Waals surface area contributed by atoms with E-state index in [1.165, 1.54) is 12.2 Å². The molecular weight excluding hydrogens is 254 g/mol. The van der Waals surface area contributed by atoms with Gasteiger partial charge in [-0.2, -0.15) is 0 Å². The largest absolute Gasteiger partial charge is 0.367 e. The van der Waals surface area contributed by atoms with Crippen LogP contribution in [0.25, 0.3) is 0 Å². The molecule has 18 heavy (non-hydrogen) atoms. The first-order valence-electron chi connectivity index (χ1n) is 5.72. The van der Waals surface area contributed by atoms with Crippen LogP contribution in [-0.4, -0.2) is 49.5 Å². The predicted octanol–water partition coefficient (Wildman–Crippen LogP) is 0.0873. The maximum atomic E-state index is 11.8. The molecule has 1 aliphatic carbocycles. The van der Waals surface area contributed by atoms with E-state index in [1.54, 1.807) is 18.9 Å². The highest BCUT2D eigenvalue weighted by Gasteiger charge is 2.33. The molecule has 2 rings (SSSR count). The van der Waals surface area contributed by atoms with E-state index in [1.807, 2.05) is 0 Å². The standard InChI is InChI=1S/C12H15NO4S/c1-8-5-12(15)10(6-11(8)14)13(2)9-3-4-18(16,17)7-9/h5-6,9H,3-4,7H2,1-2H3/t9-/m0/s1. The van der Waals surface area contributed by atoms with Crippen LogP contribution < -0.4 is 0 Å². The SMILES string of the molecule is CC1=CC(=O)C(N(C)[C@H]2CCS(=O)(=O)C2)=CC1=O. The van der Waals surface area contributed by atoms with Crippen LogP contribution in [0.3, 0.4) is 0 Å². The van der Waals surface area contributed by atoms with Crippen molar-refractivity contribution >= 4 is 21.4 Å². The third-order valence-electron chi connectivity index (χ3n) is 3.39. The van der Waals surface area contributed by atoms with Crippen LogP contribution in [0.2, 0.25) is 0 Å². The van der Waals surface area contributed by atoms with Gasteiger partial charge in [0.25, 0.3) is 0 Å². The van der Waals surface area contributed by atoms with Crippen molar-refractivity contribution in [2.75, 3.05) is 18.6 Å². The number of allylic oxidation sites excluding steroid dienone is 3. The second kappa shape index (κ2) is 4.35. The zero-order chi connectivity index (χ0) is 13.5. The van der Waals surface area contributed by atoms with Crippen LogP contribution in [-0.2, 0) is 19.4 Å². The summed E-state index contributed by atoms with van der Waals surface area (Å²) in [4.78, 5) is 25.0. The van der Waals surface area contributed by atoms with Gasteiger partial charge in [0, 0.05) is 24.7 Å². The van der Waals surface area contributed by atoms with Gasteiger partial charge in [0.2, 0.25) is 5.78 Å². The normalized spacial score (nSPS) is 26.9. The quantitative estimate of drug-likeness (QED) is 0.664. The molecule has 1 fully saturated rings. The monoisotopic (exact) mass is 269 g/mol. The summed E-state index contributed by atoms with van der Waals surface area (Å²) in [6, 6.07) is -0.218. The summed E-state index contributed by atoms with van der Waals surface area (Å²) < 4.78 is 22.8. The molecule has 0 unspecified atom stereocenters. The number of sulfone groups is 1. The fourth-order valence-electron chi connectivity index (χ4n) is 2.20. The van der Waals surface area contributed by atoms with Gasteiger partial charge in [0.1, 0.15) is 0 Å². The van der Waals surface area contributed by atoms with Crippen LogP contribution in [0.1, 0.15) is 13.3 Å². The summed E-state index contributed by atoms with van der Waals surface area (Å²) in [7, 11) is -1.34. The van der Waals surface area contributed by atoms with E-state index in [0.717, 1.165) is 0 Å². The minimum absolute atomic E-state index is 0.0466. The summed E-state index contributed by atoms with van der Waals surface area (Å²) in [5.41, 5.74) is 0.698. The molecule has 5 nitrogen and oxygen atoms in total. The van der Waals surface area contributed by atoms with Gasteiger partial charge in [0.05, 0.1) is 17.2 Å². The van der Waals surface area contributed by atoms with Crippen molar-refractivity contribution in [3.8, 4) is 0 Å². The topological polar surface area (TPSA) is 71.5 Å². The third kappa shape index (κ3) is 2.38. The zero-order valence-electron chi connectivity index (χ0n) is 10.3. The molecule has 0 N–H and O–H groups in total. The van der Waals surface area contributed by atoms with E-state index < -0.39 is 9.84 Å². The maximum absolute atomic E-state index is 11.8. The Hall–Kier alpha value is -1.43. The second-order valence-electron chi connectivity index (χ2n) is 4.75. The lowest BCUT2D eigenvalue weighted by Gasteiger charge is -2.28. The number of ketones is 2. The Bertz CT molecular complexity index is 571. The minimum atomic E-state index is -3.00. The van der Waals surface area contributed by atoms with Crippen LogP contribution in [0.4, 0.5) is 0 Å². The Kier molecular flexibility index (Phi) is 3.14. The Morgan fingerprint density at radius 1 is 1.22 bits per heavy atom. The summed E-state index contributed by atoms with van der Waals surface area (Å²) >= 11 is 0. The van der Waals surface area contributed by atoms with Gasteiger partial charge in [-0.15, -0.1) is 0 Å². The molecule has 1 atom stereocenters. The van der Waals surface area contributed by atoms with Gasteiger partial charge in [-0.1, -0.05) is 0 Å². The predicted molar refractivity (Wildman–Crippen MR) is 66.7 cm³/mol. The Labute approximate surface area is 106 Å². The third-order valence-corrected chi connectivity index (χ3v) is 5.14. The fourth-order valence-corrected chi connectivity index (χ4v) is 3.98. The van der Waals surface area contributed by atoms with Crippen molar-refractivity contribution in [1.82, 2.24) is 4.90 Å². The second-order valence-corrected chi connectivity index (χ2v) is 6.98. The molecule has 0 saturated carbocycles.